The molecule has 1 fully saturated rings. The molecule has 0 bridgehead atoms. The third-order valence-electron chi connectivity index (χ3n) is 3.93. The van der Waals surface area contributed by atoms with Gasteiger partial charge in [-0.3, -0.25) is 0 Å². The zero-order chi connectivity index (χ0) is 15.5. The number of carbonyl (C=O) groups is 1. The molecule has 0 spiro atoms. The average Bonchev–Trinajstić information content (AvgIpc) is 3.24. The van der Waals surface area contributed by atoms with Crippen molar-refractivity contribution >= 4 is 22.1 Å². The molecule has 0 radical (unpaired) electrons. The first-order valence-corrected chi connectivity index (χ1v) is 8.36. The molecule has 0 amide bonds. The van der Waals surface area contributed by atoms with Crippen LogP contribution in [0.2, 0.25) is 0 Å². The highest BCUT2D eigenvalue weighted by Gasteiger charge is 2.41. The number of hydrogen-bond donors (Lipinski definition) is 2. The highest BCUT2D eigenvalue weighted by atomic mass is 32.2. The minimum Gasteiger partial charge on any atom is -0.478 e. The molecule has 0 unspecified atom stereocenters. The summed E-state index contributed by atoms with van der Waals surface area (Å²) in [4.78, 5) is 10.6. The lowest BCUT2D eigenvalue weighted by atomic mass is 10.1. The van der Waals surface area contributed by atoms with Crippen LogP contribution in [0.25, 0.3) is 6.08 Å². The van der Waals surface area contributed by atoms with Crippen molar-refractivity contribution in [3.8, 4) is 0 Å². The van der Waals surface area contributed by atoms with Crippen molar-refractivity contribution in [3.05, 3.63) is 35.9 Å². The van der Waals surface area contributed by atoms with Crippen molar-refractivity contribution in [1.82, 2.24) is 4.72 Å². The van der Waals surface area contributed by atoms with Crippen molar-refractivity contribution in [2.75, 3.05) is 6.54 Å². The number of hydrogen-bond acceptors (Lipinski definition) is 3. The van der Waals surface area contributed by atoms with Gasteiger partial charge in [0.25, 0.3) is 0 Å². The SMILES string of the molecule is CCC1(CNS(=O)(=O)c2cccc(/C=C/C(=O)O)c2)CC1. The zero-order valence-corrected chi connectivity index (χ0v) is 12.7. The topological polar surface area (TPSA) is 83.5 Å². The van der Waals surface area contributed by atoms with E-state index in [2.05, 4.69) is 11.6 Å². The molecule has 114 valence electrons. The predicted octanol–water partition coefficient (Wildman–Crippen LogP) is 2.25. The standard InChI is InChI=1S/C15H19NO4S/c1-2-15(8-9-15)11-16-21(19,20)13-5-3-4-12(10-13)6-7-14(17)18/h3-7,10,16H,2,8-9,11H2,1H3,(H,17,18)/b7-6+. The van der Waals surface area contributed by atoms with Crippen LogP contribution in [0.5, 0.6) is 0 Å². The number of carboxylic acids is 1. The Balaban J connectivity index is 2.12. The number of sulfonamides is 1. The van der Waals surface area contributed by atoms with E-state index in [1.165, 1.54) is 18.2 Å². The third kappa shape index (κ3) is 4.15. The summed E-state index contributed by atoms with van der Waals surface area (Å²) in [5.41, 5.74) is 0.672. The van der Waals surface area contributed by atoms with E-state index in [0.29, 0.717) is 12.1 Å². The molecule has 5 nitrogen and oxygen atoms in total. The Kier molecular flexibility index (Phi) is 4.49. The number of carboxylic acid groups (broad SMARTS) is 1. The fourth-order valence-electron chi connectivity index (χ4n) is 2.12. The highest BCUT2D eigenvalue weighted by Crippen LogP contribution is 2.48. The molecule has 21 heavy (non-hydrogen) atoms. The molecule has 2 N–H and O–H groups in total. The van der Waals surface area contributed by atoms with Crippen LogP contribution in [-0.4, -0.2) is 26.0 Å². The van der Waals surface area contributed by atoms with Gasteiger partial charge in [0.05, 0.1) is 4.90 Å². The minimum absolute atomic E-state index is 0.133. The zero-order valence-electron chi connectivity index (χ0n) is 11.9. The molecule has 1 aliphatic rings. The van der Waals surface area contributed by atoms with E-state index in [1.807, 2.05) is 0 Å². The Morgan fingerprint density at radius 2 is 2.14 bits per heavy atom. The second kappa shape index (κ2) is 5.99. The molecule has 2 rings (SSSR count). The number of aliphatic carboxylic acids is 1. The van der Waals surface area contributed by atoms with Crippen molar-refractivity contribution in [1.29, 1.82) is 0 Å². The normalized spacial score (nSPS) is 17.0. The van der Waals surface area contributed by atoms with Crippen LogP contribution in [0.3, 0.4) is 0 Å². The lowest BCUT2D eigenvalue weighted by molar-refractivity contribution is -0.131. The van der Waals surface area contributed by atoms with Crippen LogP contribution in [0.4, 0.5) is 0 Å². The van der Waals surface area contributed by atoms with E-state index < -0.39 is 16.0 Å². The molecule has 0 heterocycles. The maximum Gasteiger partial charge on any atom is 0.328 e. The summed E-state index contributed by atoms with van der Waals surface area (Å²) in [7, 11) is -3.56. The largest absolute Gasteiger partial charge is 0.478 e. The van der Waals surface area contributed by atoms with E-state index in [0.717, 1.165) is 25.3 Å². The second-order valence-corrected chi connectivity index (χ2v) is 7.19. The minimum atomic E-state index is -3.56. The molecule has 0 saturated heterocycles. The summed E-state index contributed by atoms with van der Waals surface area (Å²) in [6, 6.07) is 6.23. The smallest absolute Gasteiger partial charge is 0.328 e. The van der Waals surface area contributed by atoms with E-state index in [4.69, 9.17) is 5.11 Å². The molecule has 0 atom stereocenters. The molecule has 1 aromatic carbocycles. The fraction of sp³-hybridized carbons (Fsp3) is 0.400. The highest BCUT2D eigenvalue weighted by molar-refractivity contribution is 7.89. The summed E-state index contributed by atoms with van der Waals surface area (Å²) in [5.74, 6) is -1.07. The van der Waals surface area contributed by atoms with Gasteiger partial charge in [0, 0.05) is 12.6 Å². The van der Waals surface area contributed by atoms with Gasteiger partial charge < -0.3 is 5.11 Å². The molecule has 1 saturated carbocycles. The van der Waals surface area contributed by atoms with Crippen LogP contribution in [-0.2, 0) is 14.8 Å². The van der Waals surface area contributed by atoms with Gasteiger partial charge >= 0.3 is 5.97 Å². The van der Waals surface area contributed by atoms with Crippen molar-refractivity contribution < 1.29 is 18.3 Å². The van der Waals surface area contributed by atoms with Gasteiger partial charge in [-0.25, -0.2) is 17.9 Å². The summed E-state index contributed by atoms with van der Waals surface area (Å²) in [5, 5.41) is 8.59. The summed E-state index contributed by atoms with van der Waals surface area (Å²) in [6.07, 6.45) is 5.45. The van der Waals surface area contributed by atoms with Gasteiger partial charge in [-0.05, 0) is 48.4 Å². The van der Waals surface area contributed by atoms with Gasteiger partial charge in [0.2, 0.25) is 10.0 Å². The van der Waals surface area contributed by atoms with E-state index in [-0.39, 0.29) is 10.3 Å². The van der Waals surface area contributed by atoms with Crippen LogP contribution in [0.1, 0.15) is 31.7 Å². The third-order valence-corrected chi connectivity index (χ3v) is 5.33. The van der Waals surface area contributed by atoms with Crippen LogP contribution < -0.4 is 4.72 Å². The van der Waals surface area contributed by atoms with Crippen LogP contribution in [0.15, 0.2) is 35.2 Å². The monoisotopic (exact) mass is 309 g/mol. The number of benzene rings is 1. The van der Waals surface area contributed by atoms with Crippen molar-refractivity contribution in [2.24, 2.45) is 5.41 Å². The first kappa shape index (κ1) is 15.7. The predicted molar refractivity (Wildman–Crippen MR) is 80.3 cm³/mol. The molecule has 6 heteroatoms. The van der Waals surface area contributed by atoms with E-state index in [9.17, 15) is 13.2 Å². The van der Waals surface area contributed by atoms with Gasteiger partial charge in [0.15, 0.2) is 0 Å². The van der Waals surface area contributed by atoms with Gasteiger partial charge in [-0.15, -0.1) is 0 Å². The van der Waals surface area contributed by atoms with Gasteiger partial charge in [-0.1, -0.05) is 19.1 Å². The Hall–Kier alpha value is -1.66. The van der Waals surface area contributed by atoms with Crippen LogP contribution >= 0.6 is 0 Å². The average molecular weight is 309 g/mol. The Morgan fingerprint density at radius 1 is 1.43 bits per heavy atom. The Bertz CT molecular complexity index is 660. The maximum absolute atomic E-state index is 12.3. The molecule has 1 aliphatic carbocycles. The second-order valence-electron chi connectivity index (χ2n) is 5.42. The summed E-state index contributed by atoms with van der Waals surface area (Å²) >= 11 is 0. The number of rotatable bonds is 7. The molecular weight excluding hydrogens is 290 g/mol. The Labute approximate surface area is 124 Å². The van der Waals surface area contributed by atoms with Crippen LogP contribution in [0, 0.1) is 5.41 Å². The van der Waals surface area contributed by atoms with E-state index in [1.54, 1.807) is 12.1 Å². The first-order valence-electron chi connectivity index (χ1n) is 6.88. The van der Waals surface area contributed by atoms with Gasteiger partial charge in [-0.2, -0.15) is 0 Å². The van der Waals surface area contributed by atoms with Gasteiger partial charge in [0.1, 0.15) is 0 Å². The first-order chi connectivity index (χ1) is 9.87. The summed E-state index contributed by atoms with van der Waals surface area (Å²) in [6.45, 7) is 2.53. The maximum atomic E-state index is 12.3. The lowest BCUT2D eigenvalue weighted by Gasteiger charge is -2.14. The molecule has 0 aromatic heterocycles. The van der Waals surface area contributed by atoms with Crippen molar-refractivity contribution in [2.45, 2.75) is 31.1 Å². The molecular formula is C15H19NO4S. The quantitative estimate of drug-likeness (QED) is 0.757. The number of nitrogens with one attached hydrogen (secondary N) is 1. The molecule has 1 aromatic rings. The summed E-state index contributed by atoms with van der Waals surface area (Å²) < 4.78 is 27.2. The lowest BCUT2D eigenvalue weighted by Crippen LogP contribution is -2.30. The Morgan fingerprint density at radius 3 is 2.71 bits per heavy atom. The fourth-order valence-corrected chi connectivity index (χ4v) is 3.33. The van der Waals surface area contributed by atoms with E-state index >= 15 is 0 Å². The molecule has 0 aliphatic heterocycles. The van der Waals surface area contributed by atoms with Crippen molar-refractivity contribution in [3.63, 3.8) is 0 Å².